The van der Waals surface area contributed by atoms with Crippen molar-refractivity contribution < 1.29 is 0 Å². The van der Waals surface area contributed by atoms with Crippen LogP contribution >= 0.6 is 0 Å². The fourth-order valence-electron chi connectivity index (χ4n) is 2.73. The Labute approximate surface area is 106 Å². The molecule has 0 aliphatic heterocycles. The fourth-order valence-corrected chi connectivity index (χ4v) is 2.73. The van der Waals surface area contributed by atoms with Crippen LogP contribution < -0.4 is 0 Å². The minimum atomic E-state index is 0.666. The van der Waals surface area contributed by atoms with Crippen molar-refractivity contribution in [2.24, 2.45) is 11.8 Å². The smallest absolute Gasteiger partial charge is 0.0218 e. The predicted octanol–water partition coefficient (Wildman–Crippen LogP) is 5.00. The van der Waals surface area contributed by atoms with E-state index in [2.05, 4.69) is 49.4 Å². The lowest BCUT2D eigenvalue weighted by Crippen LogP contribution is -2.04. The maximum absolute atomic E-state index is 2.48. The molecule has 0 heterocycles. The van der Waals surface area contributed by atoms with E-state index in [0.717, 1.165) is 5.92 Å². The first kappa shape index (κ1) is 12.4. The van der Waals surface area contributed by atoms with Gasteiger partial charge in [-0.2, -0.15) is 0 Å². The van der Waals surface area contributed by atoms with Crippen LogP contribution in [0.25, 0.3) is 0 Å². The van der Waals surface area contributed by atoms with E-state index >= 15 is 0 Å². The van der Waals surface area contributed by atoms with Gasteiger partial charge in [0.2, 0.25) is 0 Å². The number of benzene rings is 1. The van der Waals surface area contributed by atoms with Crippen molar-refractivity contribution in [3.63, 3.8) is 0 Å². The highest BCUT2D eigenvalue weighted by molar-refractivity contribution is 5.16. The van der Waals surface area contributed by atoms with Gasteiger partial charge in [-0.15, -0.1) is 0 Å². The average Bonchev–Trinajstić information content (AvgIpc) is 2.39. The Kier molecular flexibility index (Phi) is 4.85. The summed E-state index contributed by atoms with van der Waals surface area (Å²) < 4.78 is 0. The van der Waals surface area contributed by atoms with Crippen molar-refractivity contribution in [1.29, 1.82) is 0 Å². The third-order valence-corrected chi connectivity index (χ3v) is 3.76. The molecule has 1 fully saturated rings. The first-order valence-corrected chi connectivity index (χ1v) is 7.07. The van der Waals surface area contributed by atoms with Crippen LogP contribution in [0.5, 0.6) is 0 Å². The molecule has 0 unspecified atom stereocenters. The van der Waals surface area contributed by atoms with Crippen molar-refractivity contribution in [1.82, 2.24) is 0 Å². The molecule has 2 rings (SSSR count). The molecule has 0 radical (unpaired) electrons. The molecule has 1 aromatic rings. The highest BCUT2D eigenvalue weighted by Gasteiger charge is 2.10. The molecule has 1 atom stereocenters. The molecule has 0 heteroatoms. The third kappa shape index (κ3) is 4.38. The molecule has 0 bridgehead atoms. The van der Waals surface area contributed by atoms with Crippen molar-refractivity contribution in [2.75, 3.05) is 0 Å². The van der Waals surface area contributed by atoms with Gasteiger partial charge in [0, 0.05) is 0 Å². The molecule has 92 valence electrons. The summed E-state index contributed by atoms with van der Waals surface area (Å²) in [6.07, 6.45) is 13.2. The van der Waals surface area contributed by atoms with Gasteiger partial charge in [-0.3, -0.25) is 0 Å². The van der Waals surface area contributed by atoms with Crippen LogP contribution in [0, 0.1) is 11.8 Å². The van der Waals surface area contributed by atoms with Gasteiger partial charge >= 0.3 is 0 Å². The first-order chi connectivity index (χ1) is 8.34. The molecule has 1 aliphatic rings. The van der Waals surface area contributed by atoms with Crippen LogP contribution in [0.15, 0.2) is 42.5 Å². The van der Waals surface area contributed by atoms with Gasteiger partial charge in [0.15, 0.2) is 0 Å². The normalized spacial score (nSPS) is 19.6. The van der Waals surface area contributed by atoms with Crippen LogP contribution in [0.2, 0.25) is 0 Å². The minimum absolute atomic E-state index is 0.666. The largest absolute Gasteiger partial charge is 0.0851 e. The maximum atomic E-state index is 2.48. The van der Waals surface area contributed by atoms with Crippen LogP contribution in [-0.4, -0.2) is 0 Å². The summed E-state index contributed by atoms with van der Waals surface area (Å²) in [6, 6.07) is 10.8. The lowest BCUT2D eigenvalue weighted by molar-refractivity contribution is 0.417. The second-order valence-corrected chi connectivity index (χ2v) is 5.45. The summed E-state index contributed by atoms with van der Waals surface area (Å²) in [7, 11) is 0. The molecule has 0 spiro atoms. The zero-order valence-corrected chi connectivity index (χ0v) is 10.9. The van der Waals surface area contributed by atoms with Crippen molar-refractivity contribution in [2.45, 2.75) is 45.4 Å². The zero-order chi connectivity index (χ0) is 11.9. The Balaban J connectivity index is 1.80. The van der Waals surface area contributed by atoms with E-state index in [0.29, 0.717) is 5.92 Å². The predicted molar refractivity (Wildman–Crippen MR) is 75.0 cm³/mol. The first-order valence-electron chi connectivity index (χ1n) is 7.07. The quantitative estimate of drug-likeness (QED) is 0.636. The summed E-state index contributed by atoms with van der Waals surface area (Å²) in [4.78, 5) is 0. The topological polar surface area (TPSA) is 0 Å². The number of allylic oxidation sites excluding steroid dienone is 2. The molecule has 0 amide bonds. The molecule has 0 N–H and O–H groups in total. The summed E-state index contributed by atoms with van der Waals surface area (Å²) in [5, 5.41) is 0. The number of hydrogen-bond acceptors (Lipinski definition) is 0. The third-order valence-electron chi connectivity index (χ3n) is 3.76. The van der Waals surface area contributed by atoms with E-state index in [-0.39, 0.29) is 0 Å². The lowest BCUT2D eigenvalue weighted by atomic mass is 9.88. The standard InChI is InChI=1S/C17H24/c1-15(14-17-10-6-3-7-11-17)12-13-16-8-4-2-5-9-16/h3,6-7,10-13,15-16H,2,4-5,8-9,14H2,1H3/b13-12+/t15-/m1/s1. The monoisotopic (exact) mass is 228 g/mol. The zero-order valence-electron chi connectivity index (χ0n) is 10.9. The molecular weight excluding hydrogens is 204 g/mol. The summed E-state index contributed by atoms with van der Waals surface area (Å²) in [6.45, 7) is 2.33. The molecule has 0 aromatic heterocycles. The Morgan fingerprint density at radius 3 is 2.53 bits per heavy atom. The number of hydrogen-bond donors (Lipinski definition) is 0. The molecule has 1 aromatic carbocycles. The van der Waals surface area contributed by atoms with Crippen molar-refractivity contribution in [3.05, 3.63) is 48.0 Å². The van der Waals surface area contributed by atoms with Crippen LogP contribution in [0.3, 0.4) is 0 Å². The van der Waals surface area contributed by atoms with E-state index in [1.807, 2.05) is 0 Å². The van der Waals surface area contributed by atoms with Crippen LogP contribution in [0.4, 0.5) is 0 Å². The van der Waals surface area contributed by atoms with Gasteiger partial charge in [-0.05, 0) is 36.7 Å². The second-order valence-electron chi connectivity index (χ2n) is 5.45. The van der Waals surface area contributed by atoms with Gasteiger partial charge in [0.25, 0.3) is 0 Å². The minimum Gasteiger partial charge on any atom is -0.0851 e. The summed E-state index contributed by atoms with van der Waals surface area (Å²) >= 11 is 0. The molecular formula is C17H24. The van der Waals surface area contributed by atoms with Crippen LogP contribution in [-0.2, 0) is 6.42 Å². The molecule has 0 saturated heterocycles. The van der Waals surface area contributed by atoms with Gasteiger partial charge in [0.1, 0.15) is 0 Å². The number of rotatable bonds is 4. The van der Waals surface area contributed by atoms with Gasteiger partial charge in [-0.25, -0.2) is 0 Å². The van der Waals surface area contributed by atoms with Crippen LogP contribution in [0.1, 0.15) is 44.6 Å². The highest BCUT2D eigenvalue weighted by Crippen LogP contribution is 2.25. The second kappa shape index (κ2) is 6.64. The van der Waals surface area contributed by atoms with E-state index in [4.69, 9.17) is 0 Å². The summed E-state index contributed by atoms with van der Waals surface area (Å²) in [5.74, 6) is 1.53. The highest BCUT2D eigenvalue weighted by atomic mass is 14.2. The Morgan fingerprint density at radius 1 is 1.12 bits per heavy atom. The Hall–Kier alpha value is -1.04. The van der Waals surface area contributed by atoms with E-state index < -0.39 is 0 Å². The average molecular weight is 228 g/mol. The van der Waals surface area contributed by atoms with Gasteiger partial charge in [-0.1, -0.05) is 68.7 Å². The lowest BCUT2D eigenvalue weighted by Gasteiger charge is -2.18. The van der Waals surface area contributed by atoms with Crippen molar-refractivity contribution in [3.8, 4) is 0 Å². The van der Waals surface area contributed by atoms with Gasteiger partial charge < -0.3 is 0 Å². The van der Waals surface area contributed by atoms with E-state index in [1.54, 1.807) is 0 Å². The molecule has 17 heavy (non-hydrogen) atoms. The van der Waals surface area contributed by atoms with Crippen molar-refractivity contribution >= 4 is 0 Å². The SMILES string of the molecule is C[C@H](/C=C/C1CCCCC1)Cc1ccccc1. The summed E-state index contributed by atoms with van der Waals surface area (Å²) in [5.41, 5.74) is 1.45. The Morgan fingerprint density at radius 2 is 1.82 bits per heavy atom. The maximum Gasteiger partial charge on any atom is -0.0218 e. The van der Waals surface area contributed by atoms with Gasteiger partial charge in [0.05, 0.1) is 0 Å². The van der Waals surface area contributed by atoms with E-state index in [1.165, 1.54) is 44.1 Å². The Bertz CT molecular complexity index is 330. The molecule has 1 aliphatic carbocycles. The molecule has 0 nitrogen and oxygen atoms in total. The molecule has 1 saturated carbocycles. The fraction of sp³-hybridized carbons (Fsp3) is 0.529. The van der Waals surface area contributed by atoms with E-state index in [9.17, 15) is 0 Å².